The van der Waals surface area contributed by atoms with Gasteiger partial charge in [0, 0.05) is 0 Å². The quantitative estimate of drug-likeness (QED) is 0.451. The van der Waals surface area contributed by atoms with Crippen LogP contribution in [0.5, 0.6) is 11.5 Å². The van der Waals surface area contributed by atoms with Crippen LogP contribution in [0, 0.1) is 0 Å². The smallest absolute Gasteiger partial charge is 0.416 e. The Morgan fingerprint density at radius 2 is 1.31 bits per heavy atom. The summed E-state index contributed by atoms with van der Waals surface area (Å²) in [6.45, 7) is 2.42. The van der Waals surface area contributed by atoms with E-state index < -0.39 is 11.7 Å². The predicted octanol–water partition coefficient (Wildman–Crippen LogP) is 6.86. The summed E-state index contributed by atoms with van der Waals surface area (Å²) in [6.07, 6.45) is -2.34. The lowest BCUT2D eigenvalue weighted by atomic mass is 10.00. The van der Waals surface area contributed by atoms with Crippen molar-refractivity contribution in [2.24, 2.45) is 0 Å². The molecule has 0 fully saturated rings. The van der Waals surface area contributed by atoms with Gasteiger partial charge in [-0.05, 0) is 71.7 Å². The summed E-state index contributed by atoms with van der Waals surface area (Å²) in [5, 5.41) is 0. The summed E-state index contributed by atoms with van der Waals surface area (Å²) in [4.78, 5) is 0. The van der Waals surface area contributed by atoms with E-state index in [0.717, 1.165) is 45.9 Å². The molecule has 0 saturated carbocycles. The number of alkyl halides is 3. The van der Waals surface area contributed by atoms with Gasteiger partial charge in [-0.2, -0.15) is 13.2 Å². The van der Waals surface area contributed by atoms with E-state index in [1.54, 1.807) is 7.11 Å². The summed E-state index contributed by atoms with van der Waals surface area (Å²) in [5.41, 5.74) is 3.05. The van der Waals surface area contributed by atoms with Crippen molar-refractivity contribution >= 4 is 5.57 Å². The Bertz CT molecular complexity index is 955. The van der Waals surface area contributed by atoms with Crippen LogP contribution in [0.1, 0.15) is 18.1 Å². The minimum Gasteiger partial charge on any atom is -0.497 e. The number of rotatable bonds is 6. The van der Waals surface area contributed by atoms with Gasteiger partial charge in [0.25, 0.3) is 0 Å². The maximum absolute atomic E-state index is 12.7. The van der Waals surface area contributed by atoms with E-state index in [2.05, 4.69) is 0 Å². The average Bonchev–Trinajstić information content (AvgIpc) is 2.74. The van der Waals surface area contributed by atoms with Gasteiger partial charge in [-0.25, -0.2) is 0 Å². The zero-order valence-corrected chi connectivity index (χ0v) is 16.2. The lowest BCUT2D eigenvalue weighted by molar-refractivity contribution is -0.137. The van der Waals surface area contributed by atoms with Crippen LogP contribution in [0.15, 0.2) is 78.9 Å². The highest BCUT2D eigenvalue weighted by atomic mass is 19.4. The number of hydrogen-bond donors (Lipinski definition) is 0. The molecular formula is C24H21F3O2. The normalized spacial score (nSPS) is 12.0. The standard InChI is InChI=1S/C24H21F3O2/c1-17(15-16-29-23-13-11-22(28-2)12-14-23)18-3-5-19(6-4-18)20-7-9-21(10-8-20)24(25,26)27/h3-15H,16H2,1-2H3/b17-15+. The Morgan fingerprint density at radius 3 is 1.83 bits per heavy atom. The first kappa shape index (κ1) is 20.5. The van der Waals surface area contributed by atoms with Crippen molar-refractivity contribution in [2.75, 3.05) is 13.7 Å². The topological polar surface area (TPSA) is 18.5 Å². The molecule has 0 heterocycles. The molecule has 0 aliphatic heterocycles. The molecular weight excluding hydrogens is 377 g/mol. The first-order valence-electron chi connectivity index (χ1n) is 9.08. The monoisotopic (exact) mass is 398 g/mol. The van der Waals surface area contributed by atoms with Gasteiger partial charge >= 0.3 is 6.18 Å². The molecule has 3 aromatic rings. The molecule has 0 radical (unpaired) electrons. The first-order valence-corrected chi connectivity index (χ1v) is 9.08. The molecule has 0 spiro atoms. The molecule has 0 saturated heterocycles. The minimum atomic E-state index is -4.32. The predicted molar refractivity (Wildman–Crippen MR) is 109 cm³/mol. The Kier molecular flexibility index (Phi) is 6.27. The number of ether oxygens (including phenoxy) is 2. The van der Waals surface area contributed by atoms with E-state index in [9.17, 15) is 13.2 Å². The number of methoxy groups -OCH3 is 1. The van der Waals surface area contributed by atoms with Crippen LogP contribution >= 0.6 is 0 Å². The molecule has 0 aliphatic carbocycles. The summed E-state index contributed by atoms with van der Waals surface area (Å²) in [5.74, 6) is 1.53. The molecule has 5 heteroatoms. The second kappa shape index (κ2) is 8.86. The van der Waals surface area contributed by atoms with Crippen LogP contribution in [-0.4, -0.2) is 13.7 Å². The number of halogens is 3. The Morgan fingerprint density at radius 1 is 0.793 bits per heavy atom. The van der Waals surface area contributed by atoms with Crippen molar-refractivity contribution in [3.63, 3.8) is 0 Å². The van der Waals surface area contributed by atoms with Crippen LogP contribution in [0.3, 0.4) is 0 Å². The third-order valence-corrected chi connectivity index (χ3v) is 4.58. The summed E-state index contributed by atoms with van der Waals surface area (Å²) in [6, 6.07) is 20.3. The molecule has 0 unspecified atom stereocenters. The summed E-state index contributed by atoms with van der Waals surface area (Å²) < 4.78 is 48.9. The number of benzene rings is 3. The molecule has 2 nitrogen and oxygen atoms in total. The second-order valence-corrected chi connectivity index (χ2v) is 6.53. The van der Waals surface area contributed by atoms with Gasteiger partial charge < -0.3 is 9.47 Å². The molecule has 0 amide bonds. The molecule has 150 valence electrons. The fourth-order valence-corrected chi connectivity index (χ4v) is 2.83. The third-order valence-electron chi connectivity index (χ3n) is 4.58. The number of allylic oxidation sites excluding steroid dienone is 1. The van der Waals surface area contributed by atoms with Gasteiger partial charge in [0.1, 0.15) is 18.1 Å². The van der Waals surface area contributed by atoms with Gasteiger partial charge in [-0.3, -0.25) is 0 Å². The van der Waals surface area contributed by atoms with Crippen molar-refractivity contribution in [3.05, 3.63) is 90.0 Å². The SMILES string of the molecule is COc1ccc(OC/C=C(\C)c2ccc(-c3ccc(C(F)(F)F)cc3)cc2)cc1. The zero-order chi connectivity index (χ0) is 20.9. The van der Waals surface area contributed by atoms with Gasteiger partial charge in [0.05, 0.1) is 12.7 Å². The lowest BCUT2D eigenvalue weighted by Crippen LogP contribution is -2.03. The second-order valence-electron chi connectivity index (χ2n) is 6.53. The molecule has 3 aromatic carbocycles. The minimum absolute atomic E-state index is 0.429. The Hall–Kier alpha value is -3.21. The summed E-state index contributed by atoms with van der Waals surface area (Å²) >= 11 is 0. The van der Waals surface area contributed by atoms with Gasteiger partial charge in [-0.1, -0.05) is 36.4 Å². The lowest BCUT2D eigenvalue weighted by Gasteiger charge is -2.09. The van der Waals surface area contributed by atoms with E-state index in [1.807, 2.05) is 61.5 Å². The van der Waals surface area contributed by atoms with Crippen molar-refractivity contribution in [1.29, 1.82) is 0 Å². The zero-order valence-electron chi connectivity index (χ0n) is 16.2. The van der Waals surface area contributed by atoms with E-state index in [4.69, 9.17) is 9.47 Å². The maximum atomic E-state index is 12.7. The van der Waals surface area contributed by atoms with Crippen LogP contribution in [0.25, 0.3) is 16.7 Å². The van der Waals surface area contributed by atoms with Crippen molar-refractivity contribution in [2.45, 2.75) is 13.1 Å². The third kappa shape index (κ3) is 5.41. The molecule has 3 rings (SSSR count). The first-order chi connectivity index (χ1) is 13.9. The van der Waals surface area contributed by atoms with Crippen molar-refractivity contribution in [1.82, 2.24) is 0 Å². The Labute approximate surface area is 168 Å². The fraction of sp³-hybridized carbons (Fsp3) is 0.167. The van der Waals surface area contributed by atoms with E-state index in [1.165, 1.54) is 12.1 Å². The Balaban J connectivity index is 1.63. The highest BCUT2D eigenvalue weighted by molar-refractivity contribution is 5.69. The van der Waals surface area contributed by atoms with Crippen LogP contribution < -0.4 is 9.47 Å². The maximum Gasteiger partial charge on any atom is 0.416 e. The van der Waals surface area contributed by atoms with Gasteiger partial charge in [0.2, 0.25) is 0 Å². The van der Waals surface area contributed by atoms with E-state index in [-0.39, 0.29) is 0 Å². The van der Waals surface area contributed by atoms with Crippen LogP contribution in [0.4, 0.5) is 13.2 Å². The molecule has 0 bridgehead atoms. The molecule has 0 aliphatic rings. The molecule has 0 atom stereocenters. The van der Waals surface area contributed by atoms with Crippen molar-refractivity contribution < 1.29 is 22.6 Å². The van der Waals surface area contributed by atoms with Crippen molar-refractivity contribution in [3.8, 4) is 22.6 Å². The highest BCUT2D eigenvalue weighted by Gasteiger charge is 2.29. The molecule has 29 heavy (non-hydrogen) atoms. The van der Waals surface area contributed by atoms with Crippen LogP contribution in [-0.2, 0) is 6.18 Å². The van der Waals surface area contributed by atoms with Gasteiger partial charge in [-0.15, -0.1) is 0 Å². The molecule has 0 aromatic heterocycles. The highest BCUT2D eigenvalue weighted by Crippen LogP contribution is 2.31. The van der Waals surface area contributed by atoms with E-state index in [0.29, 0.717) is 6.61 Å². The largest absolute Gasteiger partial charge is 0.497 e. The average molecular weight is 398 g/mol. The van der Waals surface area contributed by atoms with E-state index >= 15 is 0 Å². The fourth-order valence-electron chi connectivity index (χ4n) is 2.83. The summed E-state index contributed by atoms with van der Waals surface area (Å²) in [7, 11) is 1.62. The number of hydrogen-bond acceptors (Lipinski definition) is 2. The van der Waals surface area contributed by atoms with Gasteiger partial charge in [0.15, 0.2) is 0 Å². The van der Waals surface area contributed by atoms with Crippen LogP contribution in [0.2, 0.25) is 0 Å². The molecule has 0 N–H and O–H groups in total.